The topological polar surface area (TPSA) is 92.5 Å². The summed E-state index contributed by atoms with van der Waals surface area (Å²) in [5.74, 6) is -1.14. The number of anilines is 2. The van der Waals surface area contributed by atoms with Gasteiger partial charge in [-0.1, -0.05) is 17.7 Å². The molecular formula is C13H9ClN2O4. The highest BCUT2D eigenvalue weighted by Crippen LogP contribution is 2.25. The molecule has 7 heteroatoms. The van der Waals surface area contributed by atoms with Crippen LogP contribution >= 0.6 is 11.6 Å². The molecule has 2 rings (SSSR count). The van der Waals surface area contributed by atoms with E-state index >= 15 is 0 Å². The summed E-state index contributed by atoms with van der Waals surface area (Å²) in [4.78, 5) is 21.1. The van der Waals surface area contributed by atoms with Gasteiger partial charge in [0, 0.05) is 23.5 Å². The number of halogens is 1. The molecule has 0 atom stereocenters. The average Bonchev–Trinajstić information content (AvgIpc) is 2.41. The second-order valence-corrected chi connectivity index (χ2v) is 4.34. The number of carbonyl (C=O) groups is 1. The average molecular weight is 293 g/mol. The highest BCUT2D eigenvalue weighted by molar-refractivity contribution is 6.33. The van der Waals surface area contributed by atoms with E-state index in [4.69, 9.17) is 16.7 Å². The van der Waals surface area contributed by atoms with Crippen molar-refractivity contribution in [1.29, 1.82) is 0 Å². The fourth-order valence-electron chi connectivity index (χ4n) is 1.63. The summed E-state index contributed by atoms with van der Waals surface area (Å²) in [5.41, 5.74) is 0.870. The molecule has 6 nitrogen and oxygen atoms in total. The van der Waals surface area contributed by atoms with Crippen molar-refractivity contribution < 1.29 is 14.8 Å². The highest BCUT2D eigenvalue weighted by atomic mass is 35.5. The van der Waals surface area contributed by atoms with E-state index in [0.717, 1.165) is 0 Å². The molecule has 0 saturated carbocycles. The quantitative estimate of drug-likeness (QED) is 0.662. The summed E-state index contributed by atoms with van der Waals surface area (Å²) >= 11 is 5.76. The fraction of sp³-hybridized carbons (Fsp3) is 0. The molecule has 0 heterocycles. The number of nitrogens with one attached hydrogen (secondary N) is 1. The van der Waals surface area contributed by atoms with Crippen LogP contribution in [0, 0.1) is 10.1 Å². The number of carboxylic acid groups (broad SMARTS) is 1. The van der Waals surface area contributed by atoms with Crippen molar-refractivity contribution >= 4 is 34.6 Å². The first kappa shape index (κ1) is 13.8. The molecule has 0 amide bonds. The molecule has 2 aromatic rings. The molecule has 0 aliphatic rings. The lowest BCUT2D eigenvalue weighted by atomic mass is 10.2. The van der Waals surface area contributed by atoms with Gasteiger partial charge in [0.05, 0.1) is 15.5 Å². The summed E-state index contributed by atoms with van der Waals surface area (Å²) in [6.45, 7) is 0. The Bertz CT molecular complexity index is 688. The van der Waals surface area contributed by atoms with Crippen molar-refractivity contribution in [3.8, 4) is 0 Å². The van der Waals surface area contributed by atoms with E-state index in [1.165, 1.54) is 30.3 Å². The van der Waals surface area contributed by atoms with Crippen molar-refractivity contribution in [3.63, 3.8) is 0 Å². The smallest absolute Gasteiger partial charge is 0.337 e. The molecule has 0 aliphatic heterocycles. The molecular weight excluding hydrogens is 284 g/mol. The van der Waals surface area contributed by atoms with Crippen LogP contribution in [0.5, 0.6) is 0 Å². The van der Waals surface area contributed by atoms with Gasteiger partial charge in [-0.25, -0.2) is 4.79 Å². The third kappa shape index (κ3) is 3.04. The van der Waals surface area contributed by atoms with Gasteiger partial charge in [0.25, 0.3) is 5.69 Å². The molecule has 0 unspecified atom stereocenters. The molecule has 0 fully saturated rings. The first-order chi connectivity index (χ1) is 9.47. The summed E-state index contributed by atoms with van der Waals surface area (Å²) in [5, 5.41) is 22.7. The van der Waals surface area contributed by atoms with Crippen molar-refractivity contribution in [2.24, 2.45) is 0 Å². The third-order valence-corrected chi connectivity index (χ3v) is 2.87. The summed E-state index contributed by atoms with van der Waals surface area (Å²) < 4.78 is 0. The maximum Gasteiger partial charge on any atom is 0.337 e. The van der Waals surface area contributed by atoms with Crippen molar-refractivity contribution in [2.45, 2.75) is 0 Å². The van der Waals surface area contributed by atoms with Crippen LogP contribution < -0.4 is 5.32 Å². The Morgan fingerprint density at radius 3 is 2.55 bits per heavy atom. The Hall–Kier alpha value is -2.60. The Morgan fingerprint density at radius 2 is 1.90 bits per heavy atom. The molecule has 0 bridgehead atoms. The number of nitrogens with zero attached hydrogens (tertiary/aromatic N) is 1. The maximum atomic E-state index is 11.0. The first-order valence-corrected chi connectivity index (χ1v) is 5.89. The molecule has 0 spiro atoms. The highest BCUT2D eigenvalue weighted by Gasteiger charge is 2.10. The third-order valence-electron chi connectivity index (χ3n) is 2.54. The lowest BCUT2D eigenvalue weighted by Crippen LogP contribution is -1.99. The van der Waals surface area contributed by atoms with E-state index in [9.17, 15) is 14.9 Å². The van der Waals surface area contributed by atoms with Gasteiger partial charge in [-0.15, -0.1) is 0 Å². The standard InChI is InChI=1S/C13H9ClN2O4/c14-12-5-4-9(7-11(12)13(17)18)15-8-2-1-3-10(6-8)16(19)20/h1-7,15H,(H,17,18). The largest absolute Gasteiger partial charge is 0.478 e. The second-order valence-electron chi connectivity index (χ2n) is 3.93. The van der Waals surface area contributed by atoms with E-state index in [1.807, 2.05) is 0 Å². The van der Waals surface area contributed by atoms with Crippen LogP contribution in [-0.4, -0.2) is 16.0 Å². The molecule has 0 aromatic heterocycles. The summed E-state index contributed by atoms with van der Waals surface area (Å²) in [6.07, 6.45) is 0. The van der Waals surface area contributed by atoms with Gasteiger partial charge >= 0.3 is 5.97 Å². The van der Waals surface area contributed by atoms with Crippen LogP contribution in [0.3, 0.4) is 0 Å². The van der Waals surface area contributed by atoms with Crippen LogP contribution in [-0.2, 0) is 0 Å². The van der Waals surface area contributed by atoms with E-state index in [0.29, 0.717) is 11.4 Å². The monoisotopic (exact) mass is 292 g/mol. The number of hydrogen-bond donors (Lipinski definition) is 2. The predicted molar refractivity (Wildman–Crippen MR) is 74.8 cm³/mol. The van der Waals surface area contributed by atoms with E-state index in [2.05, 4.69) is 5.32 Å². The van der Waals surface area contributed by atoms with Crippen molar-refractivity contribution in [3.05, 3.63) is 63.2 Å². The number of nitro benzene ring substituents is 1. The van der Waals surface area contributed by atoms with Crippen LogP contribution in [0.4, 0.5) is 17.1 Å². The normalized spacial score (nSPS) is 10.1. The van der Waals surface area contributed by atoms with Gasteiger partial charge < -0.3 is 10.4 Å². The van der Waals surface area contributed by atoms with Gasteiger partial charge in [0.15, 0.2) is 0 Å². The molecule has 2 N–H and O–H groups in total. The number of benzene rings is 2. The van der Waals surface area contributed by atoms with Crippen LogP contribution in [0.2, 0.25) is 5.02 Å². The first-order valence-electron chi connectivity index (χ1n) is 5.51. The number of rotatable bonds is 4. The number of non-ortho nitro benzene ring substituents is 1. The number of hydrogen-bond acceptors (Lipinski definition) is 4. The SMILES string of the molecule is O=C(O)c1cc(Nc2cccc([N+](=O)[O-])c2)ccc1Cl. The number of nitro groups is 1. The van der Waals surface area contributed by atoms with Gasteiger partial charge in [0.1, 0.15) is 0 Å². The Labute approximate surface area is 118 Å². The molecule has 0 aliphatic carbocycles. The van der Waals surface area contributed by atoms with Crippen molar-refractivity contribution in [2.75, 3.05) is 5.32 Å². The molecule has 0 radical (unpaired) electrons. The lowest BCUT2D eigenvalue weighted by molar-refractivity contribution is -0.384. The zero-order chi connectivity index (χ0) is 14.7. The molecule has 20 heavy (non-hydrogen) atoms. The van der Waals surface area contributed by atoms with Gasteiger partial charge in [-0.05, 0) is 24.3 Å². The molecule has 0 saturated heterocycles. The van der Waals surface area contributed by atoms with Crippen molar-refractivity contribution in [1.82, 2.24) is 0 Å². The second kappa shape index (κ2) is 5.58. The zero-order valence-electron chi connectivity index (χ0n) is 10.0. The number of carboxylic acids is 1. The fourth-order valence-corrected chi connectivity index (χ4v) is 1.83. The Balaban J connectivity index is 2.30. The minimum Gasteiger partial charge on any atom is -0.478 e. The minimum absolute atomic E-state index is 0.0397. The van der Waals surface area contributed by atoms with Crippen LogP contribution in [0.1, 0.15) is 10.4 Å². The van der Waals surface area contributed by atoms with Gasteiger partial charge in [-0.2, -0.15) is 0 Å². The van der Waals surface area contributed by atoms with Gasteiger partial charge in [-0.3, -0.25) is 10.1 Å². The van der Waals surface area contributed by atoms with Crippen LogP contribution in [0.25, 0.3) is 0 Å². The lowest BCUT2D eigenvalue weighted by Gasteiger charge is -2.08. The van der Waals surface area contributed by atoms with E-state index in [-0.39, 0.29) is 16.3 Å². The minimum atomic E-state index is -1.14. The predicted octanol–water partition coefficient (Wildman–Crippen LogP) is 3.69. The summed E-state index contributed by atoms with van der Waals surface area (Å²) in [6, 6.07) is 10.3. The summed E-state index contributed by atoms with van der Waals surface area (Å²) in [7, 11) is 0. The molecule has 102 valence electrons. The Kier molecular flexibility index (Phi) is 3.86. The van der Waals surface area contributed by atoms with E-state index < -0.39 is 10.9 Å². The zero-order valence-corrected chi connectivity index (χ0v) is 10.8. The maximum absolute atomic E-state index is 11.0. The Morgan fingerprint density at radius 1 is 1.20 bits per heavy atom. The van der Waals surface area contributed by atoms with Gasteiger partial charge in [0.2, 0.25) is 0 Å². The van der Waals surface area contributed by atoms with E-state index in [1.54, 1.807) is 12.1 Å². The van der Waals surface area contributed by atoms with Crippen LogP contribution in [0.15, 0.2) is 42.5 Å². The number of aromatic carboxylic acids is 1. The molecule has 2 aromatic carbocycles.